The van der Waals surface area contributed by atoms with Gasteiger partial charge in [-0.1, -0.05) is 30.3 Å². The van der Waals surface area contributed by atoms with Crippen LogP contribution in [-0.4, -0.2) is 53.7 Å². The van der Waals surface area contributed by atoms with Crippen molar-refractivity contribution in [3.63, 3.8) is 0 Å². The molecule has 2 aromatic carbocycles. The molecule has 9 heterocycles. The predicted octanol–water partition coefficient (Wildman–Crippen LogP) is 6.66. The average molecular weight is 670 g/mol. The lowest BCUT2D eigenvalue weighted by atomic mass is 10.0. The summed E-state index contributed by atoms with van der Waals surface area (Å²) in [5.41, 5.74) is 11.8. The zero-order chi connectivity index (χ0) is 34.2. The maximum absolute atomic E-state index is 5.38. The molecule has 0 N–H and O–H groups in total. The summed E-state index contributed by atoms with van der Waals surface area (Å²) >= 11 is 0. The van der Waals surface area contributed by atoms with Crippen molar-refractivity contribution >= 4 is 60.5 Å². The molecule has 0 aliphatic rings. The van der Waals surface area contributed by atoms with Crippen LogP contribution in [0.5, 0.6) is 0 Å². The summed E-state index contributed by atoms with van der Waals surface area (Å²) in [5, 5.41) is 3.96. The molecule has 0 bridgehead atoms. The Bertz CT molecular complexity index is 3180. The van der Waals surface area contributed by atoms with Crippen LogP contribution in [0.3, 0.4) is 0 Å². The summed E-state index contributed by atoms with van der Waals surface area (Å²) in [6, 6.07) is 22.7. The third-order valence-electron chi connectivity index (χ3n) is 9.70. The molecule has 11 rings (SSSR count). The lowest BCUT2D eigenvalue weighted by Crippen LogP contribution is -2.25. The van der Waals surface area contributed by atoms with E-state index in [1.165, 1.54) is 0 Å². The maximum atomic E-state index is 5.38. The van der Waals surface area contributed by atoms with E-state index in [4.69, 9.17) is 24.9 Å². The largest absolute Gasteiger partial charge is 0.276 e. The second kappa shape index (κ2) is 11.0. The van der Waals surface area contributed by atoms with Gasteiger partial charge in [-0.25, -0.2) is 15.0 Å². The Balaban J connectivity index is 1.53. The van der Waals surface area contributed by atoms with Crippen molar-refractivity contribution in [1.29, 1.82) is 0 Å². The third-order valence-corrected chi connectivity index (χ3v) is 9.70. The fourth-order valence-electron chi connectivity index (χ4n) is 7.59. The van der Waals surface area contributed by atoms with Gasteiger partial charge in [0.15, 0.2) is 11.3 Å². The molecule has 0 fully saturated rings. The van der Waals surface area contributed by atoms with Gasteiger partial charge in [-0.2, -0.15) is 0 Å². The highest BCUT2D eigenvalue weighted by molar-refractivity contribution is 6.25. The Morgan fingerprint density at radius 2 is 1.12 bits per heavy atom. The fourth-order valence-corrected chi connectivity index (χ4v) is 7.59. The van der Waals surface area contributed by atoms with Crippen molar-refractivity contribution < 1.29 is 0 Å². The number of rotatable bonds is 4. The molecule has 0 aliphatic carbocycles. The van der Waals surface area contributed by atoms with Gasteiger partial charge in [0.05, 0.1) is 34.8 Å². The van der Waals surface area contributed by atoms with E-state index in [1.807, 2.05) is 67.4 Å². The molecule has 0 aliphatic heterocycles. The molecule has 9 aromatic heterocycles. The van der Waals surface area contributed by atoms with E-state index in [0.29, 0.717) is 5.65 Å². The van der Waals surface area contributed by atoms with Gasteiger partial charge in [-0.3, -0.25) is 38.7 Å². The van der Waals surface area contributed by atoms with E-state index in [2.05, 4.69) is 59.1 Å². The first kappa shape index (κ1) is 28.3. The Morgan fingerprint density at radius 3 is 1.87 bits per heavy atom. The Labute approximate surface area is 293 Å². The van der Waals surface area contributed by atoms with Crippen molar-refractivity contribution in [2.75, 3.05) is 0 Å². The highest BCUT2D eigenvalue weighted by Crippen LogP contribution is 2.41. The zero-order valence-corrected chi connectivity index (χ0v) is 27.2. The fraction of sp³-hybridized carbons (Fsp3) is 0. The number of hydrogen-bond acceptors (Lipinski definition) is 9. The number of pyridine rings is 3. The van der Waals surface area contributed by atoms with Gasteiger partial charge in [0.1, 0.15) is 16.5 Å². The van der Waals surface area contributed by atoms with Gasteiger partial charge in [-0.05, 0) is 47.5 Å². The normalized spacial score (nSPS) is 11.8. The molecule has 11 aromatic rings. The van der Waals surface area contributed by atoms with Crippen molar-refractivity contribution in [2.45, 2.75) is 0 Å². The summed E-state index contributed by atoms with van der Waals surface area (Å²) < 4.78 is 4.48. The van der Waals surface area contributed by atoms with Crippen LogP contribution in [0.1, 0.15) is 11.1 Å². The van der Waals surface area contributed by atoms with Crippen LogP contribution in [0.25, 0.3) is 83.0 Å². The molecule has 0 spiro atoms. The Morgan fingerprint density at radius 1 is 0.462 bits per heavy atom. The first-order chi connectivity index (χ1) is 25.8. The van der Waals surface area contributed by atoms with Crippen LogP contribution >= 0.6 is 0 Å². The molecule has 11 nitrogen and oxygen atoms in total. The summed E-state index contributed by atoms with van der Waals surface area (Å²) in [6.45, 7) is 0. The molecule has 0 radical (unpaired) electrons. The van der Waals surface area contributed by atoms with Crippen LogP contribution < -0.4 is 5.48 Å². The molecule has 0 saturated heterocycles. The van der Waals surface area contributed by atoms with Gasteiger partial charge in [0.25, 0.3) is 0 Å². The van der Waals surface area contributed by atoms with Gasteiger partial charge in [0.2, 0.25) is 0 Å². The topological polar surface area (TPSA) is 125 Å². The molecule has 52 heavy (non-hydrogen) atoms. The molecule has 0 amide bonds. The minimum absolute atomic E-state index is 0.674. The van der Waals surface area contributed by atoms with Crippen molar-refractivity contribution in [3.05, 3.63) is 158 Å². The third kappa shape index (κ3) is 3.98. The number of benzene rings is 2. The quantitative estimate of drug-likeness (QED) is 0.202. The summed E-state index contributed by atoms with van der Waals surface area (Å²) in [7, 11) is 0. The van der Waals surface area contributed by atoms with Crippen LogP contribution in [0.2, 0.25) is 0 Å². The second-order valence-electron chi connectivity index (χ2n) is 12.4. The Hall–Kier alpha value is -7.53. The second-order valence-corrected chi connectivity index (χ2v) is 12.4. The number of para-hydroxylation sites is 1. The molecule has 0 saturated carbocycles. The molecular weight excluding hydrogens is 647 g/mol. The zero-order valence-electron chi connectivity index (χ0n) is 27.2. The first-order valence-electron chi connectivity index (χ1n) is 16.7. The molecule has 242 valence electrons. The van der Waals surface area contributed by atoms with Crippen LogP contribution in [0, 0.1) is 0 Å². The average Bonchev–Trinajstić information content (AvgIpc) is 3.70. The number of nitrogens with zero attached hydrogens (tertiary/aromatic N) is 11. The standard InChI is InChI=1S/C41H23N11/c1-2-27-28-4-5-29(32-22-45-18-19-46-32)34-36-40(49-23-31(50-36)24-6-12-42-13-7-24)52(38(28)34)41(51-37(27)30(3-1)35-39(51)48-21-20-47-35)33(25-8-14-43-15-9-25)26-10-16-44-17-11-26/h1-23H. The van der Waals surface area contributed by atoms with Crippen molar-refractivity contribution in [1.82, 2.24) is 53.7 Å². The van der Waals surface area contributed by atoms with E-state index in [9.17, 15) is 0 Å². The lowest BCUT2D eigenvalue weighted by molar-refractivity contribution is 0.997. The minimum Gasteiger partial charge on any atom is -0.276 e. The summed E-state index contributed by atoms with van der Waals surface area (Å²) in [6.07, 6.45) is 21.3. The highest BCUT2D eigenvalue weighted by Gasteiger charge is 2.26. The number of fused-ring (bicyclic) bond motifs is 7. The van der Waals surface area contributed by atoms with E-state index < -0.39 is 0 Å². The molecule has 11 heteroatoms. The van der Waals surface area contributed by atoms with E-state index >= 15 is 0 Å². The summed E-state index contributed by atoms with van der Waals surface area (Å²) in [5.74, 6) is 0. The molecular formula is C41H23N11. The van der Waals surface area contributed by atoms with E-state index in [1.54, 1.807) is 43.4 Å². The van der Waals surface area contributed by atoms with Gasteiger partial charge in [0, 0.05) is 100 Å². The molecule has 0 unspecified atom stereocenters. The van der Waals surface area contributed by atoms with Crippen LogP contribution in [-0.2, 0) is 0 Å². The maximum Gasteiger partial charge on any atom is 0.165 e. The van der Waals surface area contributed by atoms with E-state index in [-0.39, 0.29) is 0 Å². The first-order valence-corrected chi connectivity index (χ1v) is 16.7. The number of hydrogen-bond donors (Lipinski definition) is 0. The van der Waals surface area contributed by atoms with Crippen LogP contribution in [0.4, 0.5) is 0 Å². The van der Waals surface area contributed by atoms with E-state index in [0.717, 1.165) is 94.0 Å². The number of aromatic nitrogens is 11. The minimum atomic E-state index is 0.674. The smallest absolute Gasteiger partial charge is 0.165 e. The monoisotopic (exact) mass is 669 g/mol. The van der Waals surface area contributed by atoms with Gasteiger partial charge < -0.3 is 0 Å². The van der Waals surface area contributed by atoms with Crippen LogP contribution in [0.15, 0.2) is 141 Å². The highest BCUT2D eigenvalue weighted by atomic mass is 15.1. The van der Waals surface area contributed by atoms with Gasteiger partial charge in [-0.15, -0.1) is 0 Å². The van der Waals surface area contributed by atoms with Crippen molar-refractivity contribution in [2.24, 2.45) is 0 Å². The Kier molecular flexibility index (Phi) is 5.99. The lowest BCUT2D eigenvalue weighted by Gasteiger charge is -2.11. The summed E-state index contributed by atoms with van der Waals surface area (Å²) in [4.78, 5) is 42.8. The van der Waals surface area contributed by atoms with Crippen molar-refractivity contribution in [3.8, 4) is 22.5 Å². The molecule has 0 atom stereocenters. The SMILES string of the molecule is c1cc2c3ccc(-c4cnccn4)c4c5nc(-c6ccncc6)cnc5n(c(=C(c5ccncc5)c5ccncc5)n5c6nccnc6c(c1)c25)c34. The van der Waals surface area contributed by atoms with Gasteiger partial charge >= 0.3 is 0 Å². The predicted molar refractivity (Wildman–Crippen MR) is 199 cm³/mol.